The SMILES string of the molecule is O=C(c1cccc([N+](=O)[O-])c1)N(Cc1ccccc1F)N1C(=O)[C@@H]2[C@H]3CC[C@@H](C3)[C@@H]2C1=O. The molecule has 5 rings (SSSR count). The Morgan fingerprint density at radius 2 is 1.72 bits per heavy atom. The molecule has 8 nitrogen and oxygen atoms in total. The molecule has 2 aromatic carbocycles. The van der Waals surface area contributed by atoms with E-state index in [0.29, 0.717) is 0 Å². The lowest BCUT2D eigenvalue weighted by Crippen LogP contribution is -2.50. The standard InChI is InChI=1S/C23H20FN3O5/c24-18-7-2-1-4-16(18)12-25(21(28)15-5-3-6-17(11-15)27(31)32)26-22(29)19-13-8-9-14(10-13)20(19)23(26)30/h1-7,11,13-14,19-20H,8-10,12H2/t13-,14-,19-,20+/m0/s1. The number of amides is 3. The third-order valence-electron chi connectivity index (χ3n) is 6.96. The number of benzene rings is 2. The Morgan fingerprint density at radius 3 is 2.34 bits per heavy atom. The fourth-order valence-corrected chi connectivity index (χ4v) is 5.55. The number of hydrazine groups is 1. The van der Waals surface area contributed by atoms with Crippen molar-refractivity contribution in [3.63, 3.8) is 0 Å². The van der Waals surface area contributed by atoms with E-state index in [1.807, 2.05) is 0 Å². The number of nitro groups is 1. The van der Waals surface area contributed by atoms with Crippen LogP contribution in [-0.2, 0) is 16.1 Å². The number of rotatable bonds is 5. The summed E-state index contributed by atoms with van der Waals surface area (Å²) < 4.78 is 14.4. The Balaban J connectivity index is 1.55. The second-order valence-electron chi connectivity index (χ2n) is 8.63. The number of nitrogens with zero attached hydrogens (tertiary/aromatic N) is 3. The molecule has 0 spiro atoms. The van der Waals surface area contributed by atoms with Crippen LogP contribution in [-0.4, -0.2) is 32.7 Å². The molecule has 3 amide bonds. The summed E-state index contributed by atoms with van der Waals surface area (Å²) in [6.45, 7) is -0.347. The number of imide groups is 1. The van der Waals surface area contributed by atoms with Crippen LogP contribution in [0.2, 0.25) is 0 Å². The molecule has 2 bridgehead atoms. The van der Waals surface area contributed by atoms with Gasteiger partial charge in [0, 0.05) is 23.3 Å². The highest BCUT2D eigenvalue weighted by Gasteiger charge is 2.62. The van der Waals surface area contributed by atoms with Crippen LogP contribution in [0.15, 0.2) is 48.5 Å². The first-order valence-electron chi connectivity index (χ1n) is 10.5. The van der Waals surface area contributed by atoms with Gasteiger partial charge in [0.1, 0.15) is 5.82 Å². The number of fused-ring (bicyclic) bond motifs is 5. The molecule has 0 radical (unpaired) electrons. The van der Waals surface area contributed by atoms with E-state index in [4.69, 9.17) is 0 Å². The maximum absolute atomic E-state index is 14.4. The van der Waals surface area contributed by atoms with Crippen LogP contribution < -0.4 is 0 Å². The van der Waals surface area contributed by atoms with Gasteiger partial charge in [-0.15, -0.1) is 0 Å². The first-order valence-corrected chi connectivity index (χ1v) is 10.5. The fourth-order valence-electron chi connectivity index (χ4n) is 5.55. The number of hydrogen-bond acceptors (Lipinski definition) is 5. The molecule has 1 heterocycles. The lowest BCUT2D eigenvalue weighted by atomic mass is 9.81. The lowest BCUT2D eigenvalue weighted by Gasteiger charge is -2.31. The van der Waals surface area contributed by atoms with E-state index >= 15 is 0 Å². The van der Waals surface area contributed by atoms with Crippen molar-refractivity contribution in [2.24, 2.45) is 23.7 Å². The van der Waals surface area contributed by atoms with E-state index in [1.165, 1.54) is 36.4 Å². The molecule has 3 fully saturated rings. The fraction of sp³-hybridized carbons (Fsp3) is 0.348. The van der Waals surface area contributed by atoms with Crippen molar-refractivity contribution < 1.29 is 23.7 Å². The van der Waals surface area contributed by atoms with Gasteiger partial charge in [-0.25, -0.2) is 9.40 Å². The summed E-state index contributed by atoms with van der Waals surface area (Å²) >= 11 is 0. The van der Waals surface area contributed by atoms with Gasteiger partial charge in [0.15, 0.2) is 0 Å². The van der Waals surface area contributed by atoms with Gasteiger partial charge in [0.2, 0.25) is 0 Å². The Bertz CT molecular complexity index is 1120. The average molecular weight is 437 g/mol. The van der Waals surface area contributed by atoms with Crippen LogP contribution >= 0.6 is 0 Å². The highest BCUT2D eigenvalue weighted by molar-refractivity contribution is 6.08. The normalized spacial score (nSPS) is 25.8. The third-order valence-corrected chi connectivity index (χ3v) is 6.96. The molecule has 4 atom stereocenters. The Hall–Kier alpha value is -3.62. The zero-order valence-electron chi connectivity index (χ0n) is 17.0. The van der Waals surface area contributed by atoms with E-state index < -0.39 is 40.3 Å². The monoisotopic (exact) mass is 437 g/mol. The third kappa shape index (κ3) is 3.07. The number of halogens is 1. The summed E-state index contributed by atoms with van der Waals surface area (Å²) in [5, 5.41) is 13.0. The summed E-state index contributed by atoms with van der Waals surface area (Å²) in [5.41, 5.74) is -0.223. The minimum atomic E-state index is -0.772. The van der Waals surface area contributed by atoms with Crippen LogP contribution in [0.5, 0.6) is 0 Å². The molecule has 2 aromatic rings. The van der Waals surface area contributed by atoms with Crippen molar-refractivity contribution in [1.29, 1.82) is 0 Å². The number of carbonyl (C=O) groups is 3. The van der Waals surface area contributed by atoms with E-state index in [2.05, 4.69) is 0 Å². The summed E-state index contributed by atoms with van der Waals surface area (Å²) in [6, 6.07) is 10.9. The predicted octanol–water partition coefficient (Wildman–Crippen LogP) is 3.32. The maximum atomic E-state index is 14.4. The Kier molecular flexibility index (Phi) is 4.76. The van der Waals surface area contributed by atoms with Crippen molar-refractivity contribution in [2.45, 2.75) is 25.8 Å². The van der Waals surface area contributed by atoms with Gasteiger partial charge < -0.3 is 0 Å². The summed E-state index contributed by atoms with van der Waals surface area (Å²) in [4.78, 5) is 50.6. The summed E-state index contributed by atoms with van der Waals surface area (Å²) in [5.74, 6) is -2.91. The minimum Gasteiger partial charge on any atom is -0.272 e. The van der Waals surface area contributed by atoms with Crippen LogP contribution in [0.4, 0.5) is 10.1 Å². The molecule has 3 aliphatic rings. The van der Waals surface area contributed by atoms with Gasteiger partial charge in [-0.05, 0) is 43.2 Å². The van der Waals surface area contributed by atoms with Crippen molar-refractivity contribution in [2.75, 3.05) is 0 Å². The number of carbonyl (C=O) groups excluding carboxylic acids is 3. The van der Waals surface area contributed by atoms with Crippen LogP contribution in [0, 0.1) is 39.6 Å². The molecular formula is C23H20FN3O5. The summed E-state index contributed by atoms with van der Waals surface area (Å²) in [6.07, 6.45) is 2.60. The molecule has 2 saturated carbocycles. The highest BCUT2D eigenvalue weighted by Crippen LogP contribution is 2.56. The van der Waals surface area contributed by atoms with Crippen molar-refractivity contribution in [1.82, 2.24) is 10.0 Å². The maximum Gasteiger partial charge on any atom is 0.273 e. The molecular weight excluding hydrogens is 417 g/mol. The molecule has 32 heavy (non-hydrogen) atoms. The quantitative estimate of drug-likeness (QED) is 0.406. The van der Waals surface area contributed by atoms with Gasteiger partial charge in [-0.2, -0.15) is 5.01 Å². The highest BCUT2D eigenvalue weighted by atomic mass is 19.1. The zero-order valence-corrected chi connectivity index (χ0v) is 17.0. The second-order valence-corrected chi connectivity index (χ2v) is 8.63. The predicted molar refractivity (Wildman–Crippen MR) is 109 cm³/mol. The molecule has 0 N–H and O–H groups in total. The molecule has 0 unspecified atom stereocenters. The molecule has 164 valence electrons. The Morgan fingerprint density at radius 1 is 1.06 bits per heavy atom. The second kappa shape index (κ2) is 7.51. The summed E-state index contributed by atoms with van der Waals surface area (Å²) in [7, 11) is 0. The number of hydrogen-bond donors (Lipinski definition) is 0. The van der Waals surface area contributed by atoms with E-state index in [1.54, 1.807) is 6.07 Å². The smallest absolute Gasteiger partial charge is 0.272 e. The van der Waals surface area contributed by atoms with Crippen molar-refractivity contribution in [3.8, 4) is 0 Å². The van der Waals surface area contributed by atoms with Gasteiger partial charge in [0.05, 0.1) is 23.3 Å². The Labute approximate surface area is 182 Å². The van der Waals surface area contributed by atoms with Gasteiger partial charge in [0.25, 0.3) is 23.4 Å². The van der Waals surface area contributed by atoms with Gasteiger partial charge in [-0.1, -0.05) is 24.3 Å². The topological polar surface area (TPSA) is 101 Å². The molecule has 2 aliphatic carbocycles. The van der Waals surface area contributed by atoms with E-state index in [9.17, 15) is 28.9 Å². The number of nitro benzene ring substituents is 1. The average Bonchev–Trinajstić information content (AvgIpc) is 3.47. The minimum absolute atomic E-state index is 0.0591. The van der Waals surface area contributed by atoms with Crippen molar-refractivity contribution in [3.05, 3.63) is 75.6 Å². The van der Waals surface area contributed by atoms with Gasteiger partial charge in [-0.3, -0.25) is 24.5 Å². The van der Waals surface area contributed by atoms with Crippen molar-refractivity contribution >= 4 is 23.4 Å². The molecule has 9 heteroatoms. The molecule has 1 saturated heterocycles. The number of non-ortho nitro benzene ring substituents is 1. The first kappa shape index (κ1) is 20.3. The van der Waals surface area contributed by atoms with Gasteiger partial charge >= 0.3 is 0 Å². The molecule has 0 aromatic heterocycles. The van der Waals surface area contributed by atoms with Crippen LogP contribution in [0.3, 0.4) is 0 Å². The van der Waals surface area contributed by atoms with Crippen LogP contribution in [0.25, 0.3) is 0 Å². The van der Waals surface area contributed by atoms with E-state index in [0.717, 1.165) is 35.3 Å². The largest absolute Gasteiger partial charge is 0.273 e. The zero-order chi connectivity index (χ0) is 22.6. The molecule has 1 aliphatic heterocycles. The first-order chi connectivity index (χ1) is 15.4. The lowest BCUT2D eigenvalue weighted by molar-refractivity contribution is -0.384. The van der Waals surface area contributed by atoms with Crippen LogP contribution in [0.1, 0.15) is 35.2 Å². The van der Waals surface area contributed by atoms with E-state index in [-0.39, 0.29) is 35.2 Å².